The number of nitrogens with zero attached hydrogens (tertiary/aromatic N) is 1. The van der Waals surface area contributed by atoms with E-state index in [4.69, 9.17) is 5.11 Å². The number of hydrogen-bond donors (Lipinski definition) is 3. The van der Waals surface area contributed by atoms with Gasteiger partial charge in [-0.2, -0.15) is 0 Å². The Morgan fingerprint density at radius 3 is 2.32 bits per heavy atom. The molecule has 2 amide bonds. The highest BCUT2D eigenvalue weighted by atomic mass is 16.4. The van der Waals surface area contributed by atoms with Crippen LogP contribution in [0.2, 0.25) is 0 Å². The van der Waals surface area contributed by atoms with E-state index in [1.54, 1.807) is 4.90 Å². The lowest BCUT2D eigenvalue weighted by atomic mass is 9.98. The van der Waals surface area contributed by atoms with Gasteiger partial charge >= 0.3 is 12.0 Å². The Labute approximate surface area is 113 Å². The van der Waals surface area contributed by atoms with Crippen molar-refractivity contribution in [2.75, 3.05) is 13.2 Å². The number of aliphatic carboxylic acids is 1. The first-order valence-electron chi connectivity index (χ1n) is 6.86. The number of aliphatic hydroxyl groups is 1. The highest BCUT2D eigenvalue weighted by molar-refractivity contribution is 5.86. The third-order valence-electron chi connectivity index (χ3n) is 3.65. The molecule has 0 aromatic heterocycles. The number of carboxylic acids is 1. The average Bonchev–Trinajstić information content (AvgIpc) is 2.79. The van der Waals surface area contributed by atoms with Crippen molar-refractivity contribution in [2.24, 2.45) is 0 Å². The number of carboxylic acid groups (broad SMARTS) is 1. The molecule has 0 spiro atoms. The molecule has 6 heteroatoms. The molecule has 1 aliphatic rings. The summed E-state index contributed by atoms with van der Waals surface area (Å²) in [5.41, 5.74) is -1.11. The molecule has 19 heavy (non-hydrogen) atoms. The Kier molecular flexibility index (Phi) is 5.60. The maximum Gasteiger partial charge on any atom is 0.329 e. The van der Waals surface area contributed by atoms with Gasteiger partial charge < -0.3 is 20.4 Å². The molecule has 0 aromatic carbocycles. The van der Waals surface area contributed by atoms with E-state index >= 15 is 0 Å². The average molecular weight is 272 g/mol. The first-order chi connectivity index (χ1) is 8.93. The van der Waals surface area contributed by atoms with Crippen molar-refractivity contribution in [1.82, 2.24) is 10.2 Å². The molecule has 6 nitrogen and oxygen atoms in total. The number of urea groups is 1. The molecule has 1 aliphatic carbocycles. The molecule has 110 valence electrons. The normalized spacial score (nSPS) is 17.5. The van der Waals surface area contributed by atoms with Crippen LogP contribution in [0.4, 0.5) is 4.79 Å². The van der Waals surface area contributed by atoms with E-state index in [0.717, 1.165) is 12.8 Å². The van der Waals surface area contributed by atoms with Gasteiger partial charge in [-0.25, -0.2) is 9.59 Å². The smallest absolute Gasteiger partial charge is 0.329 e. The van der Waals surface area contributed by atoms with Gasteiger partial charge in [-0.05, 0) is 33.1 Å². The number of carbonyl (C=O) groups excluding carboxylic acids is 1. The molecule has 0 bridgehead atoms. The fraction of sp³-hybridized carbons (Fsp3) is 0.846. The maximum atomic E-state index is 12.2. The summed E-state index contributed by atoms with van der Waals surface area (Å²) in [6.07, 6.45) is 3.11. The third kappa shape index (κ3) is 3.83. The van der Waals surface area contributed by atoms with Crippen LogP contribution < -0.4 is 5.32 Å². The summed E-state index contributed by atoms with van der Waals surface area (Å²) in [7, 11) is 0. The van der Waals surface area contributed by atoms with E-state index in [-0.39, 0.29) is 18.7 Å². The molecule has 1 saturated carbocycles. The van der Waals surface area contributed by atoms with Gasteiger partial charge in [0.05, 0.1) is 0 Å². The van der Waals surface area contributed by atoms with E-state index in [9.17, 15) is 14.7 Å². The molecular weight excluding hydrogens is 248 g/mol. The van der Waals surface area contributed by atoms with Gasteiger partial charge in [-0.3, -0.25) is 0 Å². The summed E-state index contributed by atoms with van der Waals surface area (Å²) < 4.78 is 0. The number of rotatable bonds is 6. The van der Waals surface area contributed by atoms with Crippen LogP contribution in [0.3, 0.4) is 0 Å². The van der Waals surface area contributed by atoms with Crippen molar-refractivity contribution in [2.45, 2.75) is 57.5 Å². The van der Waals surface area contributed by atoms with Gasteiger partial charge in [0.2, 0.25) is 0 Å². The Balaban J connectivity index is 2.71. The first-order valence-corrected chi connectivity index (χ1v) is 6.86. The van der Waals surface area contributed by atoms with Gasteiger partial charge in [0.1, 0.15) is 5.54 Å². The minimum atomic E-state index is -1.11. The number of aliphatic hydroxyl groups excluding tert-OH is 1. The largest absolute Gasteiger partial charge is 0.480 e. The quantitative estimate of drug-likeness (QED) is 0.677. The van der Waals surface area contributed by atoms with Gasteiger partial charge in [-0.15, -0.1) is 0 Å². The summed E-state index contributed by atoms with van der Waals surface area (Å²) in [5.74, 6) is -0.954. The van der Waals surface area contributed by atoms with Crippen molar-refractivity contribution in [3.8, 4) is 0 Å². The molecule has 0 aromatic rings. The Hall–Kier alpha value is -1.30. The molecule has 0 heterocycles. The van der Waals surface area contributed by atoms with Crippen LogP contribution in [0, 0.1) is 0 Å². The topological polar surface area (TPSA) is 89.9 Å². The van der Waals surface area contributed by atoms with Crippen molar-refractivity contribution in [3.05, 3.63) is 0 Å². The van der Waals surface area contributed by atoms with Crippen LogP contribution in [0.1, 0.15) is 46.0 Å². The minimum absolute atomic E-state index is 0.0145. The van der Waals surface area contributed by atoms with E-state index in [2.05, 4.69) is 5.32 Å². The number of amides is 2. The third-order valence-corrected chi connectivity index (χ3v) is 3.65. The second kappa shape index (κ2) is 6.75. The number of hydrogen-bond acceptors (Lipinski definition) is 3. The molecule has 0 unspecified atom stereocenters. The summed E-state index contributed by atoms with van der Waals surface area (Å²) in [5, 5.41) is 20.9. The van der Waals surface area contributed by atoms with Crippen molar-refractivity contribution in [3.63, 3.8) is 0 Å². The van der Waals surface area contributed by atoms with E-state index in [0.29, 0.717) is 25.8 Å². The summed E-state index contributed by atoms with van der Waals surface area (Å²) in [6.45, 7) is 4.19. The molecule has 0 radical (unpaired) electrons. The van der Waals surface area contributed by atoms with Crippen LogP contribution in [0.15, 0.2) is 0 Å². The summed E-state index contributed by atoms with van der Waals surface area (Å²) >= 11 is 0. The lowest BCUT2D eigenvalue weighted by Gasteiger charge is -2.32. The van der Waals surface area contributed by atoms with E-state index in [1.165, 1.54) is 0 Å². The monoisotopic (exact) mass is 272 g/mol. The van der Waals surface area contributed by atoms with Gasteiger partial charge in [0, 0.05) is 19.2 Å². The highest BCUT2D eigenvalue weighted by Crippen LogP contribution is 2.30. The predicted molar refractivity (Wildman–Crippen MR) is 70.9 cm³/mol. The zero-order chi connectivity index (χ0) is 14.5. The van der Waals surface area contributed by atoms with Crippen LogP contribution in [0.25, 0.3) is 0 Å². The molecule has 1 fully saturated rings. The Bertz CT molecular complexity index is 325. The Morgan fingerprint density at radius 1 is 1.32 bits per heavy atom. The van der Waals surface area contributed by atoms with Crippen LogP contribution in [-0.4, -0.2) is 51.8 Å². The van der Waals surface area contributed by atoms with E-state index in [1.807, 2.05) is 13.8 Å². The lowest BCUT2D eigenvalue weighted by molar-refractivity contribution is -0.144. The first kappa shape index (κ1) is 15.8. The standard InChI is InChI=1S/C13H24N2O4/c1-10(2)15(8-5-9-16)12(19)14-13(11(17)18)6-3-4-7-13/h10,16H,3-9H2,1-2H3,(H,14,19)(H,17,18). The van der Waals surface area contributed by atoms with Crippen LogP contribution >= 0.6 is 0 Å². The highest BCUT2D eigenvalue weighted by Gasteiger charge is 2.43. The molecule has 1 rings (SSSR count). The summed E-state index contributed by atoms with van der Waals surface area (Å²) in [6, 6.07) is -0.383. The number of carbonyl (C=O) groups is 2. The van der Waals surface area contributed by atoms with Gasteiger partial charge in [0.25, 0.3) is 0 Å². The maximum absolute atomic E-state index is 12.2. The van der Waals surface area contributed by atoms with Crippen LogP contribution in [0.5, 0.6) is 0 Å². The second-order valence-electron chi connectivity index (χ2n) is 5.39. The predicted octanol–water partition coefficient (Wildman–Crippen LogP) is 1.19. The van der Waals surface area contributed by atoms with Gasteiger partial charge in [-0.1, -0.05) is 12.8 Å². The fourth-order valence-electron chi connectivity index (χ4n) is 2.48. The fourth-order valence-corrected chi connectivity index (χ4v) is 2.48. The van der Waals surface area contributed by atoms with Crippen molar-refractivity contribution in [1.29, 1.82) is 0 Å². The second-order valence-corrected chi connectivity index (χ2v) is 5.39. The lowest BCUT2D eigenvalue weighted by Crippen LogP contribution is -2.57. The van der Waals surface area contributed by atoms with E-state index < -0.39 is 11.5 Å². The van der Waals surface area contributed by atoms with Crippen LogP contribution in [-0.2, 0) is 4.79 Å². The molecule has 0 atom stereocenters. The zero-order valence-corrected chi connectivity index (χ0v) is 11.7. The molecular formula is C13H24N2O4. The molecule has 0 aliphatic heterocycles. The van der Waals surface area contributed by atoms with Crippen molar-refractivity contribution < 1.29 is 19.8 Å². The Morgan fingerprint density at radius 2 is 1.89 bits per heavy atom. The van der Waals surface area contributed by atoms with Gasteiger partial charge in [0.15, 0.2) is 0 Å². The summed E-state index contributed by atoms with van der Waals surface area (Å²) in [4.78, 5) is 25.2. The molecule has 0 saturated heterocycles. The minimum Gasteiger partial charge on any atom is -0.480 e. The number of nitrogens with one attached hydrogen (secondary N) is 1. The zero-order valence-electron chi connectivity index (χ0n) is 11.7. The molecule has 3 N–H and O–H groups in total. The SMILES string of the molecule is CC(C)N(CCCO)C(=O)NC1(C(=O)O)CCCC1. The van der Waals surface area contributed by atoms with Crippen molar-refractivity contribution >= 4 is 12.0 Å².